The molecule has 1 aromatic rings. The minimum absolute atomic E-state index is 0. The Hall–Kier alpha value is -1.63. The van der Waals surface area contributed by atoms with Crippen molar-refractivity contribution in [2.45, 2.75) is 13.3 Å². The first-order chi connectivity index (χ1) is 7.76. The van der Waals surface area contributed by atoms with Gasteiger partial charge in [0.15, 0.2) is 0 Å². The average molecular weight is 275 g/mol. The zero-order valence-corrected chi connectivity index (χ0v) is 10.5. The van der Waals surface area contributed by atoms with E-state index in [9.17, 15) is 5.11 Å². The van der Waals surface area contributed by atoms with Crippen LogP contribution in [-0.2, 0) is 17.1 Å². The molecular weight excluding hydrogens is 262 g/mol. The first-order valence-corrected chi connectivity index (χ1v) is 4.93. The molecule has 0 aliphatic carbocycles. The topological polar surface area (TPSA) is 62.5 Å². The summed E-state index contributed by atoms with van der Waals surface area (Å²) in [7, 11) is 0. The molecule has 4 nitrogen and oxygen atoms in total. The van der Waals surface area contributed by atoms with Crippen LogP contribution in [0.4, 0.5) is 0 Å². The molecule has 0 amide bonds. The van der Waals surface area contributed by atoms with E-state index < -0.39 is 0 Å². The van der Waals surface area contributed by atoms with Gasteiger partial charge in [-0.15, -0.1) is 5.26 Å². The summed E-state index contributed by atoms with van der Waals surface area (Å²) in [5, 5.41) is 17.6. The summed E-state index contributed by atoms with van der Waals surface area (Å²) in [5.41, 5.74) is 0. The van der Waals surface area contributed by atoms with Crippen molar-refractivity contribution in [2.24, 2.45) is 0 Å². The third-order valence-electron chi connectivity index (χ3n) is 1.81. The molecule has 0 aliphatic rings. The zero-order valence-electron chi connectivity index (χ0n) is 9.37. The molecule has 1 N–H and O–H groups in total. The Morgan fingerprint density at radius 2 is 1.94 bits per heavy atom. The summed E-state index contributed by atoms with van der Waals surface area (Å²) in [4.78, 5) is 0. The maximum Gasteiger partial charge on any atom is 0.292 e. The van der Waals surface area contributed by atoms with E-state index in [0.717, 1.165) is 6.42 Å². The molecule has 0 spiro atoms. The SMILES string of the molecule is CC/C=C(/O)COc1ccc(OC#N)cc1.[Fe]. The van der Waals surface area contributed by atoms with Gasteiger partial charge in [-0.3, -0.25) is 0 Å². The molecule has 0 bridgehead atoms. The maximum atomic E-state index is 9.32. The fourth-order valence-corrected chi connectivity index (χ4v) is 1.11. The predicted molar refractivity (Wildman–Crippen MR) is 59.2 cm³/mol. The molecule has 92 valence electrons. The van der Waals surface area contributed by atoms with E-state index in [1.807, 2.05) is 6.92 Å². The minimum atomic E-state index is 0. The van der Waals surface area contributed by atoms with E-state index in [1.165, 1.54) is 0 Å². The normalized spacial score (nSPS) is 10.0. The van der Waals surface area contributed by atoms with Crippen molar-refractivity contribution in [1.29, 1.82) is 5.26 Å². The van der Waals surface area contributed by atoms with Gasteiger partial charge in [-0.2, -0.15) is 0 Å². The summed E-state index contributed by atoms with van der Waals surface area (Å²) in [6, 6.07) is 6.59. The van der Waals surface area contributed by atoms with Crippen molar-refractivity contribution in [2.75, 3.05) is 6.61 Å². The Labute approximate surface area is 111 Å². The van der Waals surface area contributed by atoms with Crippen LogP contribution in [0.5, 0.6) is 11.5 Å². The number of nitriles is 1. The Bertz CT molecular complexity index is 395. The summed E-state index contributed by atoms with van der Waals surface area (Å²) < 4.78 is 9.91. The third-order valence-corrected chi connectivity index (χ3v) is 1.81. The van der Waals surface area contributed by atoms with Crippen molar-refractivity contribution >= 4 is 0 Å². The smallest absolute Gasteiger partial charge is 0.292 e. The maximum absolute atomic E-state index is 9.32. The van der Waals surface area contributed by atoms with Gasteiger partial charge >= 0.3 is 0 Å². The van der Waals surface area contributed by atoms with Gasteiger partial charge in [0.2, 0.25) is 0 Å². The number of nitrogens with zero attached hydrogens (tertiary/aromatic N) is 1. The molecule has 17 heavy (non-hydrogen) atoms. The fraction of sp³-hybridized carbons (Fsp3) is 0.250. The monoisotopic (exact) mass is 275 g/mol. The van der Waals surface area contributed by atoms with Crippen LogP contribution in [0.1, 0.15) is 13.3 Å². The number of hydrogen-bond acceptors (Lipinski definition) is 4. The van der Waals surface area contributed by atoms with Crippen LogP contribution in [0, 0.1) is 11.5 Å². The van der Waals surface area contributed by atoms with Gasteiger partial charge in [0.25, 0.3) is 6.26 Å². The van der Waals surface area contributed by atoms with Crippen LogP contribution in [0.25, 0.3) is 0 Å². The molecule has 0 radical (unpaired) electrons. The second-order valence-corrected chi connectivity index (χ2v) is 3.06. The van der Waals surface area contributed by atoms with Crippen molar-refractivity contribution in [3.63, 3.8) is 0 Å². The van der Waals surface area contributed by atoms with Crippen LogP contribution in [0.3, 0.4) is 0 Å². The molecule has 0 aliphatic heterocycles. The third kappa shape index (κ3) is 5.86. The number of rotatable bonds is 5. The van der Waals surface area contributed by atoms with Crippen LogP contribution < -0.4 is 9.47 Å². The number of aliphatic hydroxyl groups is 1. The summed E-state index contributed by atoms with van der Waals surface area (Å²) in [5.74, 6) is 1.28. The molecule has 0 fully saturated rings. The first kappa shape index (κ1) is 15.4. The van der Waals surface area contributed by atoms with Crippen molar-refractivity contribution in [3.8, 4) is 17.8 Å². The number of aliphatic hydroxyl groups excluding tert-OH is 1. The van der Waals surface area contributed by atoms with Gasteiger partial charge in [-0.05, 0) is 36.8 Å². The van der Waals surface area contributed by atoms with E-state index in [-0.39, 0.29) is 29.4 Å². The molecule has 0 aromatic heterocycles. The first-order valence-electron chi connectivity index (χ1n) is 4.93. The summed E-state index contributed by atoms with van der Waals surface area (Å²) in [6.07, 6.45) is 4.04. The van der Waals surface area contributed by atoms with Gasteiger partial charge in [0.1, 0.15) is 23.9 Å². The summed E-state index contributed by atoms with van der Waals surface area (Å²) in [6.45, 7) is 2.08. The Morgan fingerprint density at radius 1 is 1.35 bits per heavy atom. The van der Waals surface area contributed by atoms with Gasteiger partial charge < -0.3 is 14.6 Å². The van der Waals surface area contributed by atoms with E-state index >= 15 is 0 Å². The number of ether oxygens (including phenoxy) is 2. The molecule has 0 saturated heterocycles. The Kier molecular flexibility index (Phi) is 7.70. The van der Waals surface area contributed by atoms with Gasteiger partial charge in [-0.1, -0.05) is 6.92 Å². The predicted octanol–water partition coefficient (Wildman–Crippen LogP) is 2.77. The average Bonchev–Trinajstić information content (AvgIpc) is 2.29. The van der Waals surface area contributed by atoms with Crippen LogP contribution in [0.15, 0.2) is 36.1 Å². The van der Waals surface area contributed by atoms with Crippen LogP contribution in [0.2, 0.25) is 0 Å². The minimum Gasteiger partial charge on any atom is -0.509 e. The van der Waals surface area contributed by atoms with E-state index in [1.54, 1.807) is 36.6 Å². The van der Waals surface area contributed by atoms with Crippen LogP contribution in [-0.4, -0.2) is 11.7 Å². The standard InChI is InChI=1S/C12H13NO3.Fe/c1-2-3-10(14)8-15-11-4-6-12(7-5-11)16-9-13;/h3-7,14H,2,8H2,1H3;/b10-3+;. The van der Waals surface area contributed by atoms with E-state index in [0.29, 0.717) is 11.5 Å². The van der Waals surface area contributed by atoms with Gasteiger partial charge in [-0.25, -0.2) is 0 Å². The molecule has 0 heterocycles. The molecule has 5 heteroatoms. The van der Waals surface area contributed by atoms with Crippen molar-refractivity contribution < 1.29 is 31.6 Å². The summed E-state index contributed by atoms with van der Waals surface area (Å²) >= 11 is 0. The van der Waals surface area contributed by atoms with Gasteiger partial charge in [0, 0.05) is 17.1 Å². The quantitative estimate of drug-likeness (QED) is 0.510. The fourth-order valence-electron chi connectivity index (χ4n) is 1.11. The van der Waals surface area contributed by atoms with Crippen molar-refractivity contribution in [3.05, 3.63) is 36.1 Å². The Morgan fingerprint density at radius 3 is 2.47 bits per heavy atom. The molecule has 1 aromatic carbocycles. The number of allylic oxidation sites excluding steroid dienone is 1. The van der Waals surface area contributed by atoms with Crippen LogP contribution >= 0.6 is 0 Å². The molecule has 0 unspecified atom stereocenters. The second-order valence-electron chi connectivity index (χ2n) is 3.06. The van der Waals surface area contributed by atoms with Crippen molar-refractivity contribution in [1.82, 2.24) is 0 Å². The van der Waals surface area contributed by atoms with E-state index in [2.05, 4.69) is 4.74 Å². The molecular formula is C12H13FeNO3. The second kappa shape index (κ2) is 8.51. The zero-order chi connectivity index (χ0) is 11.8. The number of hydrogen-bond donors (Lipinski definition) is 1. The molecule has 0 atom stereocenters. The van der Waals surface area contributed by atoms with E-state index in [4.69, 9.17) is 10.00 Å². The number of benzene rings is 1. The largest absolute Gasteiger partial charge is 0.509 e. The Balaban J connectivity index is 0.00000256. The molecule has 1 rings (SSSR count). The van der Waals surface area contributed by atoms with Gasteiger partial charge in [0.05, 0.1) is 0 Å². The molecule has 0 saturated carbocycles.